The summed E-state index contributed by atoms with van der Waals surface area (Å²) >= 11 is 5.02. The lowest BCUT2D eigenvalue weighted by molar-refractivity contribution is 0.315. The van der Waals surface area contributed by atoms with Crippen molar-refractivity contribution in [1.29, 1.82) is 0 Å². The first-order chi connectivity index (χ1) is 13.2. The van der Waals surface area contributed by atoms with Gasteiger partial charge in [-0.2, -0.15) is 5.10 Å². The molecule has 0 aliphatic heterocycles. The molecule has 0 saturated heterocycles. The molecular formula is C20H20BrN3O2S. The number of hydrazone groups is 1. The SMILES string of the molecule is CCCOc1ccc(/C=N\Nc2nc(-c3ccccc3OC)cs2)cc1Br. The lowest BCUT2D eigenvalue weighted by atomic mass is 10.1. The number of halogens is 1. The van der Waals surface area contributed by atoms with Gasteiger partial charge in [0.15, 0.2) is 0 Å². The van der Waals surface area contributed by atoms with E-state index in [1.54, 1.807) is 13.3 Å². The molecule has 0 aliphatic carbocycles. The van der Waals surface area contributed by atoms with Crippen molar-refractivity contribution >= 4 is 38.6 Å². The maximum absolute atomic E-state index is 5.65. The van der Waals surface area contributed by atoms with Gasteiger partial charge in [0.05, 0.1) is 30.1 Å². The van der Waals surface area contributed by atoms with Gasteiger partial charge < -0.3 is 9.47 Å². The summed E-state index contributed by atoms with van der Waals surface area (Å²) in [5.74, 6) is 1.64. The molecule has 3 rings (SSSR count). The van der Waals surface area contributed by atoms with E-state index < -0.39 is 0 Å². The Bertz CT molecular complexity index is 927. The first-order valence-corrected chi connectivity index (χ1v) is 10.2. The number of methoxy groups -OCH3 is 1. The first kappa shape index (κ1) is 19.4. The van der Waals surface area contributed by atoms with Crippen molar-refractivity contribution in [2.75, 3.05) is 19.1 Å². The van der Waals surface area contributed by atoms with E-state index in [0.29, 0.717) is 11.7 Å². The smallest absolute Gasteiger partial charge is 0.203 e. The standard InChI is InChI=1S/C20H20BrN3O2S/c1-3-10-26-19-9-8-14(11-16(19)21)12-22-24-20-23-17(13-27-20)15-6-4-5-7-18(15)25-2/h4-9,11-13H,3,10H2,1-2H3,(H,23,24)/b22-12-. The maximum Gasteiger partial charge on any atom is 0.203 e. The van der Waals surface area contributed by atoms with Crippen LogP contribution in [-0.4, -0.2) is 24.9 Å². The van der Waals surface area contributed by atoms with Crippen LogP contribution in [-0.2, 0) is 0 Å². The third-order valence-corrected chi connectivity index (χ3v) is 5.05. The van der Waals surface area contributed by atoms with Crippen LogP contribution in [0.5, 0.6) is 11.5 Å². The second-order valence-electron chi connectivity index (χ2n) is 5.65. The summed E-state index contributed by atoms with van der Waals surface area (Å²) < 4.78 is 12.0. The second-order valence-corrected chi connectivity index (χ2v) is 7.36. The van der Waals surface area contributed by atoms with Crippen molar-refractivity contribution in [3.8, 4) is 22.8 Å². The lowest BCUT2D eigenvalue weighted by Crippen LogP contribution is -1.96. The second kappa shape index (κ2) is 9.53. The highest BCUT2D eigenvalue weighted by Crippen LogP contribution is 2.32. The fourth-order valence-electron chi connectivity index (χ4n) is 2.39. The van der Waals surface area contributed by atoms with Crippen LogP contribution in [0.25, 0.3) is 11.3 Å². The summed E-state index contributed by atoms with van der Waals surface area (Å²) in [4.78, 5) is 4.57. The number of nitrogens with one attached hydrogen (secondary N) is 1. The van der Waals surface area contributed by atoms with Crippen molar-refractivity contribution in [3.63, 3.8) is 0 Å². The number of rotatable bonds is 8. The van der Waals surface area contributed by atoms with Crippen LogP contribution in [0.3, 0.4) is 0 Å². The molecule has 0 radical (unpaired) electrons. The number of hydrogen-bond donors (Lipinski definition) is 1. The molecule has 0 aliphatic rings. The fraction of sp³-hybridized carbons (Fsp3) is 0.200. The quantitative estimate of drug-likeness (QED) is 0.350. The molecule has 0 unspecified atom stereocenters. The van der Waals surface area contributed by atoms with Gasteiger partial charge in [-0.1, -0.05) is 19.1 Å². The van der Waals surface area contributed by atoms with E-state index in [-0.39, 0.29) is 0 Å². The molecule has 0 bridgehead atoms. The van der Waals surface area contributed by atoms with Crippen molar-refractivity contribution in [2.45, 2.75) is 13.3 Å². The van der Waals surface area contributed by atoms with Crippen LogP contribution >= 0.6 is 27.3 Å². The Kier molecular flexibility index (Phi) is 6.84. The molecule has 3 aromatic rings. The topological polar surface area (TPSA) is 55.7 Å². The van der Waals surface area contributed by atoms with Crippen LogP contribution < -0.4 is 14.9 Å². The van der Waals surface area contributed by atoms with Gasteiger partial charge in [-0.25, -0.2) is 4.98 Å². The minimum absolute atomic E-state index is 0.701. The van der Waals surface area contributed by atoms with Crippen LogP contribution in [0, 0.1) is 0 Å². The van der Waals surface area contributed by atoms with E-state index in [1.807, 2.05) is 47.8 Å². The highest BCUT2D eigenvalue weighted by molar-refractivity contribution is 9.10. The molecule has 1 heterocycles. The van der Waals surface area contributed by atoms with E-state index >= 15 is 0 Å². The summed E-state index contributed by atoms with van der Waals surface area (Å²) in [5.41, 5.74) is 5.75. The molecule has 0 spiro atoms. The fourth-order valence-corrected chi connectivity index (χ4v) is 3.56. The molecule has 27 heavy (non-hydrogen) atoms. The molecule has 0 atom stereocenters. The summed E-state index contributed by atoms with van der Waals surface area (Å²) in [6, 6.07) is 13.7. The zero-order chi connectivity index (χ0) is 19.1. The predicted molar refractivity (Wildman–Crippen MR) is 115 cm³/mol. The first-order valence-electron chi connectivity index (χ1n) is 8.51. The predicted octanol–water partition coefficient (Wildman–Crippen LogP) is 5.82. The van der Waals surface area contributed by atoms with Gasteiger partial charge in [-0.05, 0) is 58.2 Å². The van der Waals surface area contributed by atoms with Crippen molar-refractivity contribution in [1.82, 2.24) is 4.98 Å². The Labute approximate surface area is 171 Å². The third kappa shape index (κ3) is 5.08. The van der Waals surface area contributed by atoms with Gasteiger partial charge in [0.25, 0.3) is 0 Å². The molecule has 1 N–H and O–H groups in total. The van der Waals surface area contributed by atoms with Gasteiger partial charge in [-0.3, -0.25) is 5.43 Å². The van der Waals surface area contributed by atoms with E-state index in [9.17, 15) is 0 Å². The number of para-hydroxylation sites is 1. The Morgan fingerprint density at radius 2 is 2.07 bits per heavy atom. The van der Waals surface area contributed by atoms with E-state index in [2.05, 4.69) is 38.4 Å². The van der Waals surface area contributed by atoms with E-state index in [0.717, 1.165) is 39.2 Å². The number of aromatic nitrogens is 1. The highest BCUT2D eigenvalue weighted by atomic mass is 79.9. The molecule has 2 aromatic carbocycles. The average molecular weight is 446 g/mol. The largest absolute Gasteiger partial charge is 0.496 e. The van der Waals surface area contributed by atoms with Crippen LogP contribution in [0.15, 0.2) is 57.4 Å². The highest BCUT2D eigenvalue weighted by Gasteiger charge is 2.09. The van der Waals surface area contributed by atoms with Crippen LogP contribution in [0.1, 0.15) is 18.9 Å². The maximum atomic E-state index is 5.65. The Morgan fingerprint density at radius 3 is 2.85 bits per heavy atom. The average Bonchev–Trinajstić information content (AvgIpc) is 3.16. The summed E-state index contributed by atoms with van der Waals surface area (Å²) in [6.45, 7) is 2.78. The van der Waals surface area contributed by atoms with Crippen LogP contribution in [0.4, 0.5) is 5.13 Å². The number of anilines is 1. The monoisotopic (exact) mass is 445 g/mol. The molecule has 7 heteroatoms. The zero-order valence-electron chi connectivity index (χ0n) is 15.1. The molecule has 0 amide bonds. The minimum Gasteiger partial charge on any atom is -0.496 e. The lowest BCUT2D eigenvalue weighted by Gasteiger charge is -2.07. The number of nitrogens with zero attached hydrogens (tertiary/aromatic N) is 2. The van der Waals surface area contributed by atoms with Crippen LogP contribution in [0.2, 0.25) is 0 Å². The number of thiazole rings is 1. The summed E-state index contributed by atoms with van der Waals surface area (Å²) in [6.07, 6.45) is 2.72. The number of benzene rings is 2. The van der Waals surface area contributed by atoms with Gasteiger partial charge in [0.2, 0.25) is 5.13 Å². The Hall–Kier alpha value is -2.38. The van der Waals surface area contributed by atoms with E-state index in [1.165, 1.54) is 11.3 Å². The normalized spacial score (nSPS) is 10.9. The molecule has 0 saturated carbocycles. The minimum atomic E-state index is 0.701. The van der Waals surface area contributed by atoms with Gasteiger partial charge >= 0.3 is 0 Å². The van der Waals surface area contributed by atoms with Crippen molar-refractivity contribution in [3.05, 3.63) is 57.9 Å². The Balaban J connectivity index is 1.65. The zero-order valence-corrected chi connectivity index (χ0v) is 17.5. The molecular weight excluding hydrogens is 426 g/mol. The number of hydrogen-bond acceptors (Lipinski definition) is 6. The third-order valence-electron chi connectivity index (χ3n) is 3.68. The van der Waals surface area contributed by atoms with Crippen molar-refractivity contribution < 1.29 is 9.47 Å². The van der Waals surface area contributed by atoms with Gasteiger partial charge in [0, 0.05) is 10.9 Å². The molecule has 0 fully saturated rings. The Morgan fingerprint density at radius 1 is 1.22 bits per heavy atom. The van der Waals surface area contributed by atoms with Crippen molar-refractivity contribution in [2.24, 2.45) is 5.10 Å². The van der Waals surface area contributed by atoms with Gasteiger partial charge in [-0.15, -0.1) is 11.3 Å². The molecule has 140 valence electrons. The number of ether oxygens (including phenoxy) is 2. The summed E-state index contributed by atoms with van der Waals surface area (Å²) in [5, 5.41) is 6.97. The van der Waals surface area contributed by atoms with E-state index in [4.69, 9.17) is 9.47 Å². The molecule has 5 nitrogen and oxygen atoms in total. The van der Waals surface area contributed by atoms with Gasteiger partial charge in [0.1, 0.15) is 11.5 Å². The molecule has 1 aromatic heterocycles. The summed E-state index contributed by atoms with van der Waals surface area (Å²) in [7, 11) is 1.66.